The number of fused-ring (bicyclic) bond motifs is 3. The largest absolute Gasteiger partial charge is 0.494 e. The number of alkyl halides is 1. The van der Waals surface area contributed by atoms with E-state index in [1.807, 2.05) is 223 Å². The Balaban J connectivity index is 0.000000147. The molecule has 21 heteroatoms. The van der Waals surface area contributed by atoms with Crippen LogP contribution in [-0.2, 0) is 24.6 Å². The van der Waals surface area contributed by atoms with Gasteiger partial charge in [0.25, 0.3) is 0 Å². The van der Waals surface area contributed by atoms with Gasteiger partial charge in [-0.1, -0.05) is 127 Å². The van der Waals surface area contributed by atoms with Crippen LogP contribution in [0.5, 0.6) is 34.5 Å². The van der Waals surface area contributed by atoms with Crippen LogP contribution in [0.4, 0.5) is 13.2 Å². The molecule has 5 heterocycles. The second kappa shape index (κ2) is 41.6. The van der Waals surface area contributed by atoms with Crippen LogP contribution >= 0.6 is 45.6 Å². The van der Waals surface area contributed by atoms with Gasteiger partial charge in [0.15, 0.2) is 5.78 Å². The third kappa shape index (κ3) is 22.1. The van der Waals surface area contributed by atoms with Gasteiger partial charge in [0.2, 0.25) is 17.3 Å². The van der Waals surface area contributed by atoms with E-state index in [2.05, 4.69) is 4.90 Å². The Morgan fingerprint density at radius 1 is 0.394 bits per heavy atom. The fourth-order valence-electron chi connectivity index (χ4n) is 16.0. The number of carbonyl (C=O) groups excluding carboxylic acids is 4. The van der Waals surface area contributed by atoms with Gasteiger partial charge in [-0.15, -0.1) is 45.6 Å². The molecule has 0 amide bonds. The van der Waals surface area contributed by atoms with Gasteiger partial charge >= 0.3 is 0 Å². The topological polar surface area (TPSA) is 171 Å². The maximum Gasteiger partial charge on any atom is 0.204 e. The number of carbonyl (C=O) groups is 4. The highest BCUT2D eigenvalue weighted by atomic mass is 35.5. The third-order valence-electron chi connectivity index (χ3n) is 22.4. The molecule has 2 fully saturated rings. The Kier molecular flexibility index (Phi) is 29.4. The maximum absolute atomic E-state index is 14.1. The van der Waals surface area contributed by atoms with Crippen LogP contribution in [0.25, 0.3) is 63.6 Å². The number of β-amino-alcohol motifs (C(OH)–C–C–N with tert-alkyl or cyclic N) is 1. The van der Waals surface area contributed by atoms with Gasteiger partial charge in [0.05, 0.1) is 46.5 Å². The molecule has 2 saturated heterocycles. The summed E-state index contributed by atoms with van der Waals surface area (Å²) in [5.74, 6) is 3.44. The number of nitrogens with zero attached hydrogens (tertiary/aromatic N) is 2. The normalized spacial score (nSPS) is 13.0. The molecule has 2 N–H and O–H groups in total. The van der Waals surface area contributed by atoms with Gasteiger partial charge < -0.3 is 38.6 Å². The monoisotopic (exact) mass is 1780 g/mol. The van der Waals surface area contributed by atoms with Crippen molar-refractivity contribution in [1.29, 1.82) is 0 Å². The molecule has 0 bridgehead atoms. The molecule has 2 aliphatic heterocycles. The average Bonchev–Trinajstić information content (AvgIpc) is 1.62. The molecular weight excluding hydrogens is 1680 g/mol. The standard InChI is InChI=1S/C36H34ClFO4S.C35H32FNO4S.C35H30FNO4S/c1-23-18-27(38)19-24(2)33(23)35(40)36-34(26-11-13-29(14-12-26)41-17-7-6-10-28(39)21-37)31-16-15-30(20-32(31)43-36)42-22-25-8-4-3-5-9-25;2*1-22-16-26(36)17-23(2)32(22)34(39)35-33(25-8-10-28(11-9-25)40-15-14-37-19-27(38)20-37)30-13-12-29(18-31(30)42-35)41-21-24-6-4-3-5-7-24/h3-5,8-9,11-16,18-20,28,39H,6-7,10,17,21-22H2,1-2H3;3-13,16-18,27,38H,14-15,19-21H2,1-2H3;3-13,16-18H,14-15,19-21H2,1-2H3. The molecule has 3 aromatic heterocycles. The lowest BCUT2D eigenvalue weighted by Crippen LogP contribution is -2.51. The first kappa shape index (κ1) is 89.7. The first-order valence-corrected chi connectivity index (χ1v) is 45.3. The van der Waals surface area contributed by atoms with E-state index in [1.54, 1.807) is 41.5 Å². The molecular formula is C106H96ClF3N2O12S3. The van der Waals surface area contributed by atoms with Gasteiger partial charge in [-0.25, -0.2) is 13.2 Å². The van der Waals surface area contributed by atoms with E-state index in [1.165, 1.54) is 70.4 Å². The summed E-state index contributed by atoms with van der Waals surface area (Å²) in [7, 11) is 0. The quantitative estimate of drug-likeness (QED) is 0.0226. The molecule has 0 saturated carbocycles. The minimum atomic E-state index is -0.479. The second-order valence-electron chi connectivity index (χ2n) is 32.0. The number of likely N-dealkylation sites (tertiary alicyclic amines) is 2. The Bertz CT molecular complexity index is 6360. The number of Topliss-reactive ketones (excluding diaryl/α,β-unsaturated/α-hetero) is 1. The minimum Gasteiger partial charge on any atom is -0.494 e. The maximum atomic E-state index is 14.1. The van der Waals surface area contributed by atoms with E-state index in [0.29, 0.717) is 143 Å². The fraction of sp³-hybridized carbons (Fsp3) is 0.226. The number of ether oxygens (including phenoxy) is 6. The number of aliphatic hydroxyl groups is 2. The number of thiophene rings is 3. The number of benzene rings is 12. The fourth-order valence-corrected chi connectivity index (χ4v) is 19.8. The zero-order valence-corrected chi connectivity index (χ0v) is 74.5. The molecule has 14 nitrogen and oxygen atoms in total. The highest BCUT2D eigenvalue weighted by molar-refractivity contribution is 7.22. The van der Waals surface area contributed by atoms with Crippen LogP contribution in [0.15, 0.2) is 255 Å². The van der Waals surface area contributed by atoms with E-state index in [9.17, 15) is 42.6 Å². The highest BCUT2D eigenvalue weighted by Crippen LogP contribution is 2.47. The van der Waals surface area contributed by atoms with Crippen molar-refractivity contribution in [3.8, 4) is 67.9 Å². The summed E-state index contributed by atoms with van der Waals surface area (Å²) in [6.45, 7) is 17.4. The zero-order valence-electron chi connectivity index (χ0n) is 71.3. The Labute approximate surface area is 753 Å². The second-order valence-corrected chi connectivity index (χ2v) is 35.5. The van der Waals surface area contributed by atoms with Gasteiger partial charge in [0.1, 0.15) is 85.0 Å². The molecule has 15 aromatic rings. The average molecular weight is 1780 g/mol. The van der Waals surface area contributed by atoms with Crippen molar-refractivity contribution >= 4 is 99.0 Å². The molecule has 0 spiro atoms. The van der Waals surface area contributed by atoms with Crippen LogP contribution in [0.3, 0.4) is 0 Å². The van der Waals surface area contributed by atoms with Crippen LogP contribution < -0.4 is 28.4 Å². The molecule has 648 valence electrons. The van der Waals surface area contributed by atoms with Crippen LogP contribution in [-0.4, -0.2) is 120 Å². The van der Waals surface area contributed by atoms with Crippen molar-refractivity contribution in [3.63, 3.8) is 0 Å². The summed E-state index contributed by atoms with van der Waals surface area (Å²) in [6, 6.07) is 79.4. The number of halogens is 4. The van der Waals surface area contributed by atoms with Crippen LogP contribution in [0.2, 0.25) is 0 Å². The molecule has 127 heavy (non-hydrogen) atoms. The lowest BCUT2D eigenvalue weighted by atomic mass is 9.94. The molecule has 17 rings (SSSR count). The van der Waals surface area contributed by atoms with Gasteiger partial charge in [-0.2, -0.15) is 0 Å². The van der Waals surface area contributed by atoms with Crippen molar-refractivity contribution in [3.05, 3.63) is 354 Å². The number of aryl methyl sites for hydroxylation is 6. The number of ketones is 4. The van der Waals surface area contributed by atoms with Crippen molar-refractivity contribution < 1.29 is 71.0 Å². The molecule has 0 aliphatic carbocycles. The van der Waals surface area contributed by atoms with Crippen LogP contribution in [0, 0.1) is 59.0 Å². The summed E-state index contributed by atoms with van der Waals surface area (Å²) in [6.07, 6.45) is 1.59. The number of hydrogen-bond acceptors (Lipinski definition) is 17. The summed E-state index contributed by atoms with van der Waals surface area (Å²) in [4.78, 5) is 59.5. The molecule has 0 radical (unpaired) electrons. The summed E-state index contributed by atoms with van der Waals surface area (Å²) >= 11 is 9.94. The third-order valence-corrected chi connectivity index (χ3v) is 26.2. The van der Waals surface area contributed by atoms with Crippen molar-refractivity contribution in [2.75, 3.05) is 65.0 Å². The van der Waals surface area contributed by atoms with Crippen molar-refractivity contribution in [2.24, 2.45) is 0 Å². The van der Waals surface area contributed by atoms with E-state index in [4.69, 9.17) is 40.0 Å². The lowest BCUT2D eigenvalue weighted by molar-refractivity contribution is -0.129. The van der Waals surface area contributed by atoms with Gasteiger partial charge in [-0.3, -0.25) is 29.0 Å². The summed E-state index contributed by atoms with van der Waals surface area (Å²) in [5, 5.41) is 21.9. The predicted molar refractivity (Wildman–Crippen MR) is 503 cm³/mol. The van der Waals surface area contributed by atoms with Gasteiger partial charge in [0, 0.05) is 95.7 Å². The number of unbranched alkanes of at least 4 members (excludes halogenated alkanes) is 1. The first-order valence-electron chi connectivity index (χ1n) is 42.3. The van der Waals surface area contributed by atoms with E-state index in [-0.39, 0.29) is 52.6 Å². The SMILES string of the molecule is Cc1cc(F)cc(C)c1C(=O)c1sc2cc(OCc3ccccc3)ccc2c1-c1ccc(OCCCCC(O)CCl)cc1.Cc1cc(F)cc(C)c1C(=O)c1sc2cc(OCc3ccccc3)ccc2c1-c1ccc(OCCN2CC(=O)C2)cc1.Cc1cc(F)cc(C)c1C(=O)c1sc2cc(OCc3ccccc3)ccc2c1-c1ccc(OCCN2CC(O)C2)cc1. The lowest BCUT2D eigenvalue weighted by Gasteiger charge is -2.35. The molecule has 12 aromatic carbocycles. The smallest absolute Gasteiger partial charge is 0.204 e. The van der Waals surface area contributed by atoms with E-state index >= 15 is 0 Å². The van der Waals surface area contributed by atoms with Crippen molar-refractivity contribution in [1.82, 2.24) is 9.80 Å². The minimum absolute atomic E-state index is 0.120. The number of rotatable bonds is 33. The van der Waals surface area contributed by atoms with E-state index in [0.717, 1.165) is 134 Å². The Hall–Kier alpha value is -12.1. The Morgan fingerprint density at radius 3 is 0.992 bits per heavy atom. The van der Waals surface area contributed by atoms with Crippen molar-refractivity contribution in [2.45, 2.75) is 92.8 Å². The molecule has 1 atom stereocenters. The van der Waals surface area contributed by atoms with Gasteiger partial charge in [-0.05, 0) is 255 Å². The molecule has 1 unspecified atom stereocenters. The number of aliphatic hydroxyl groups excluding tert-OH is 2. The van der Waals surface area contributed by atoms with E-state index < -0.39 is 6.10 Å². The first-order chi connectivity index (χ1) is 61.5. The highest BCUT2D eigenvalue weighted by Gasteiger charge is 2.30. The van der Waals surface area contributed by atoms with Crippen LogP contribution in [0.1, 0.15) is 115 Å². The zero-order chi connectivity index (χ0) is 88.8. The predicted octanol–water partition coefficient (Wildman–Crippen LogP) is 23.9. The number of hydrogen-bond donors (Lipinski definition) is 2. The summed E-state index contributed by atoms with van der Waals surface area (Å²) < 4.78 is 81.1. The molecule has 2 aliphatic rings. The Morgan fingerprint density at radius 2 is 0.693 bits per heavy atom. The summed E-state index contributed by atoms with van der Waals surface area (Å²) in [5.41, 5.74) is 13.7.